The molecule has 1 saturated heterocycles. The van der Waals surface area contributed by atoms with Crippen molar-refractivity contribution in [2.75, 3.05) is 23.7 Å². The van der Waals surface area contributed by atoms with Gasteiger partial charge in [-0.15, -0.1) is 0 Å². The van der Waals surface area contributed by atoms with Gasteiger partial charge in [0.1, 0.15) is 11.6 Å². The smallest absolute Gasteiger partial charge is 0.276 e. The van der Waals surface area contributed by atoms with Crippen LogP contribution in [0.2, 0.25) is 0 Å². The Labute approximate surface area is 119 Å². The second-order valence-electron chi connectivity index (χ2n) is 5.44. The molecule has 1 aromatic rings. The van der Waals surface area contributed by atoms with E-state index in [-0.39, 0.29) is 11.5 Å². The molecule has 0 aliphatic carbocycles. The predicted molar refractivity (Wildman–Crippen MR) is 79.8 cm³/mol. The fourth-order valence-electron chi connectivity index (χ4n) is 2.88. The largest absolute Gasteiger partial charge is 0.383 e. The first-order chi connectivity index (χ1) is 9.60. The van der Waals surface area contributed by atoms with E-state index in [2.05, 4.69) is 16.8 Å². The van der Waals surface area contributed by atoms with Crippen LogP contribution in [-0.4, -0.2) is 23.0 Å². The zero-order chi connectivity index (χ0) is 14.5. The first-order valence-electron chi connectivity index (χ1n) is 7.27. The average molecular weight is 278 g/mol. The number of hydrogen-bond acceptors (Lipinski definition) is 5. The summed E-state index contributed by atoms with van der Waals surface area (Å²) in [6, 6.07) is 2.83. The Hall–Kier alpha value is -1.85. The Balaban J connectivity index is 2.13. The molecule has 1 aliphatic rings. The fraction of sp³-hybridized carbons (Fsp3) is 0.643. The van der Waals surface area contributed by atoms with E-state index in [4.69, 9.17) is 5.73 Å². The van der Waals surface area contributed by atoms with E-state index in [1.807, 2.05) is 0 Å². The minimum absolute atomic E-state index is 0.0156. The van der Waals surface area contributed by atoms with E-state index in [1.54, 1.807) is 0 Å². The summed E-state index contributed by atoms with van der Waals surface area (Å²) in [5.41, 5.74) is 5.69. The summed E-state index contributed by atoms with van der Waals surface area (Å²) in [6.45, 7) is 4.01. The highest BCUT2D eigenvalue weighted by Crippen LogP contribution is 2.27. The van der Waals surface area contributed by atoms with Crippen LogP contribution in [0.4, 0.5) is 17.3 Å². The second-order valence-corrected chi connectivity index (χ2v) is 5.44. The minimum Gasteiger partial charge on any atom is -0.383 e. The molecule has 0 bridgehead atoms. The maximum atomic E-state index is 10.9. The molecule has 0 saturated carbocycles. The van der Waals surface area contributed by atoms with Crippen molar-refractivity contribution < 1.29 is 4.92 Å². The van der Waals surface area contributed by atoms with Crippen molar-refractivity contribution >= 4 is 17.3 Å². The van der Waals surface area contributed by atoms with Gasteiger partial charge in [-0.3, -0.25) is 10.1 Å². The summed E-state index contributed by atoms with van der Waals surface area (Å²) in [6.07, 6.45) is 5.94. The van der Waals surface area contributed by atoms with Crippen molar-refractivity contribution in [1.82, 2.24) is 4.98 Å². The Morgan fingerprint density at radius 3 is 2.95 bits per heavy atom. The number of nitrogens with zero attached hydrogens (tertiary/aromatic N) is 3. The van der Waals surface area contributed by atoms with Crippen molar-refractivity contribution in [3.8, 4) is 0 Å². The van der Waals surface area contributed by atoms with Gasteiger partial charge in [-0.25, -0.2) is 4.98 Å². The van der Waals surface area contributed by atoms with Gasteiger partial charge in [-0.2, -0.15) is 0 Å². The van der Waals surface area contributed by atoms with Crippen LogP contribution in [0.15, 0.2) is 12.1 Å². The Morgan fingerprint density at radius 1 is 1.45 bits per heavy atom. The van der Waals surface area contributed by atoms with Gasteiger partial charge in [0.25, 0.3) is 5.69 Å². The predicted octanol–water partition coefficient (Wildman–Crippen LogP) is 2.98. The third-order valence-corrected chi connectivity index (χ3v) is 3.90. The molecule has 0 aromatic carbocycles. The molecule has 6 heteroatoms. The molecule has 0 spiro atoms. The molecule has 2 heterocycles. The maximum Gasteiger partial charge on any atom is 0.276 e. The molecule has 20 heavy (non-hydrogen) atoms. The van der Waals surface area contributed by atoms with E-state index in [9.17, 15) is 10.1 Å². The minimum atomic E-state index is -0.417. The van der Waals surface area contributed by atoms with Crippen molar-refractivity contribution in [2.24, 2.45) is 5.92 Å². The van der Waals surface area contributed by atoms with E-state index >= 15 is 0 Å². The van der Waals surface area contributed by atoms with Crippen molar-refractivity contribution in [3.63, 3.8) is 0 Å². The molecule has 1 aliphatic heterocycles. The number of nitrogens with two attached hydrogens (primary N) is 1. The normalized spacial score (nSPS) is 19.6. The van der Waals surface area contributed by atoms with Crippen molar-refractivity contribution in [1.29, 1.82) is 0 Å². The zero-order valence-corrected chi connectivity index (χ0v) is 11.9. The second kappa shape index (κ2) is 6.54. The lowest BCUT2D eigenvalue weighted by molar-refractivity contribution is -0.384. The number of nitrogen functional groups attached to an aromatic ring is 1. The zero-order valence-electron chi connectivity index (χ0n) is 11.9. The topological polar surface area (TPSA) is 85.3 Å². The lowest BCUT2D eigenvalue weighted by Gasteiger charge is -2.21. The van der Waals surface area contributed by atoms with Crippen molar-refractivity contribution in [2.45, 2.75) is 39.0 Å². The molecular weight excluding hydrogens is 256 g/mol. The van der Waals surface area contributed by atoms with Gasteiger partial charge in [0.15, 0.2) is 0 Å². The van der Waals surface area contributed by atoms with Crippen LogP contribution in [0.3, 0.4) is 0 Å². The lowest BCUT2D eigenvalue weighted by Crippen LogP contribution is -2.25. The number of nitro groups is 1. The number of pyridine rings is 1. The van der Waals surface area contributed by atoms with E-state index in [1.165, 1.54) is 31.4 Å². The molecule has 0 amide bonds. The third kappa shape index (κ3) is 3.59. The molecule has 0 radical (unpaired) electrons. The van der Waals surface area contributed by atoms with E-state index in [0.29, 0.717) is 5.82 Å². The van der Waals surface area contributed by atoms with Crippen LogP contribution < -0.4 is 10.6 Å². The van der Waals surface area contributed by atoms with Crippen LogP contribution in [0, 0.1) is 16.0 Å². The first kappa shape index (κ1) is 14.6. The molecular formula is C14H22N4O2. The summed E-state index contributed by atoms with van der Waals surface area (Å²) < 4.78 is 0. The molecule has 1 unspecified atom stereocenters. The van der Waals surface area contributed by atoms with Crippen LogP contribution in [0.5, 0.6) is 0 Å². The Bertz CT molecular complexity index is 478. The lowest BCUT2D eigenvalue weighted by atomic mass is 9.96. The average Bonchev–Trinajstić information content (AvgIpc) is 2.64. The number of rotatable bonds is 4. The molecule has 110 valence electrons. The molecule has 1 aromatic heterocycles. The fourth-order valence-corrected chi connectivity index (χ4v) is 2.88. The molecule has 6 nitrogen and oxygen atoms in total. The van der Waals surface area contributed by atoms with Gasteiger partial charge in [0, 0.05) is 13.1 Å². The molecule has 2 N–H and O–H groups in total. The number of anilines is 2. The third-order valence-electron chi connectivity index (χ3n) is 3.90. The summed E-state index contributed by atoms with van der Waals surface area (Å²) in [5, 5.41) is 10.9. The summed E-state index contributed by atoms with van der Waals surface area (Å²) in [5.74, 6) is 1.61. The summed E-state index contributed by atoms with van der Waals surface area (Å²) >= 11 is 0. The van der Waals surface area contributed by atoms with Gasteiger partial charge in [0.2, 0.25) is 0 Å². The Morgan fingerprint density at radius 2 is 2.25 bits per heavy atom. The van der Waals surface area contributed by atoms with E-state index < -0.39 is 4.92 Å². The number of hydrogen-bond donors (Lipinski definition) is 1. The monoisotopic (exact) mass is 278 g/mol. The highest BCUT2D eigenvalue weighted by molar-refractivity contribution is 5.54. The van der Waals surface area contributed by atoms with Crippen LogP contribution in [0.25, 0.3) is 0 Å². The van der Waals surface area contributed by atoms with Gasteiger partial charge < -0.3 is 10.6 Å². The van der Waals surface area contributed by atoms with Crippen LogP contribution in [-0.2, 0) is 0 Å². The highest BCUT2D eigenvalue weighted by atomic mass is 16.6. The van der Waals surface area contributed by atoms with Gasteiger partial charge >= 0.3 is 0 Å². The summed E-state index contributed by atoms with van der Waals surface area (Å²) in [7, 11) is 0. The number of aromatic nitrogens is 1. The SMILES string of the molecule is CCCC1CCCN(c2cc([N+](=O)[O-])cc(N)n2)CC1. The van der Waals surface area contributed by atoms with Crippen molar-refractivity contribution in [3.05, 3.63) is 22.2 Å². The molecule has 1 fully saturated rings. The summed E-state index contributed by atoms with van der Waals surface area (Å²) in [4.78, 5) is 16.9. The van der Waals surface area contributed by atoms with Crippen LogP contribution in [0.1, 0.15) is 39.0 Å². The first-order valence-corrected chi connectivity index (χ1v) is 7.27. The van der Waals surface area contributed by atoms with Gasteiger partial charge in [-0.1, -0.05) is 19.8 Å². The highest BCUT2D eigenvalue weighted by Gasteiger charge is 2.19. The van der Waals surface area contributed by atoms with E-state index in [0.717, 1.165) is 31.8 Å². The standard InChI is InChI=1S/C14H22N4O2/c1-2-4-11-5-3-7-17(8-6-11)14-10-12(18(19)20)9-13(15)16-14/h9-11H,2-8H2,1H3,(H2,15,16). The van der Waals surface area contributed by atoms with Gasteiger partial charge in [0.05, 0.1) is 17.1 Å². The maximum absolute atomic E-state index is 10.9. The molecule has 2 rings (SSSR count). The Kier molecular flexibility index (Phi) is 4.76. The van der Waals surface area contributed by atoms with Crippen LogP contribution >= 0.6 is 0 Å². The molecule has 1 atom stereocenters. The quantitative estimate of drug-likeness (QED) is 0.676. The van der Waals surface area contributed by atoms with Gasteiger partial charge in [-0.05, 0) is 25.2 Å².